The molecule has 0 aromatic heterocycles. The summed E-state index contributed by atoms with van der Waals surface area (Å²) in [5, 5.41) is 5.95. The second kappa shape index (κ2) is 17.2. The van der Waals surface area contributed by atoms with Gasteiger partial charge in [-0.05, 0) is 37.1 Å². The quantitative estimate of drug-likeness (QED) is 0.0316. The number of benzene rings is 2. The minimum atomic E-state index is -4.95. The minimum absolute atomic E-state index is 0.155. The van der Waals surface area contributed by atoms with Gasteiger partial charge in [-0.25, -0.2) is 4.89 Å². The van der Waals surface area contributed by atoms with Crippen molar-refractivity contribution >= 4 is 57.4 Å². The Kier molecular flexibility index (Phi) is 14.8. The summed E-state index contributed by atoms with van der Waals surface area (Å²) in [7, 11) is -4.23. The van der Waals surface area contributed by atoms with E-state index in [2.05, 4.69) is 28.1 Å². The van der Waals surface area contributed by atoms with Crippen LogP contribution in [0.25, 0.3) is 0 Å². The number of hydrogen-bond acceptors (Lipinski definition) is 11. The molecule has 0 saturated carbocycles. The summed E-state index contributed by atoms with van der Waals surface area (Å²) in [6, 6.07) is 10.7. The predicted octanol–water partition coefficient (Wildman–Crippen LogP) is 7.80. The Hall–Kier alpha value is -2.12. The van der Waals surface area contributed by atoms with E-state index >= 15 is 0 Å². The van der Waals surface area contributed by atoms with Gasteiger partial charge in [0.05, 0.1) is 12.4 Å². The van der Waals surface area contributed by atoms with Gasteiger partial charge in [0.15, 0.2) is 11.4 Å². The molecule has 0 amide bonds. The first-order valence-electron chi connectivity index (χ1n) is 12.1. The highest BCUT2D eigenvalue weighted by atomic mass is 32.2. The Morgan fingerprint density at radius 3 is 1.67 bits per heavy atom. The minimum Gasteiger partial charge on any atom is -0.289 e. The van der Waals surface area contributed by atoms with E-state index in [0.29, 0.717) is 27.7 Å². The molecule has 2 aromatic rings. The largest absolute Gasteiger partial charge is 0.437 e. The molecule has 0 fully saturated rings. The molecule has 0 aliphatic heterocycles. The lowest BCUT2D eigenvalue weighted by Crippen LogP contribution is -2.25. The van der Waals surface area contributed by atoms with Gasteiger partial charge in [0.2, 0.25) is 0 Å². The zero-order valence-electron chi connectivity index (χ0n) is 22.1. The van der Waals surface area contributed by atoms with Gasteiger partial charge in [-0.3, -0.25) is 8.57 Å². The van der Waals surface area contributed by atoms with E-state index < -0.39 is 39.6 Å². The molecule has 0 bridgehead atoms. The standard InChI is InChI=1S/C24H26F6N2O6S4/c1-3-13-35-38-41-36-31-21(23(25,26)27)17-5-9-19(10-6-17)39-14-15-40-20-11-7-18(8-12-20)22(24(28,29)30)32-37-42(33,34)16-4-2/h5-12H,3-4,13-16H2,1-2H3. The molecule has 0 unspecified atom stereocenters. The molecule has 2 aromatic carbocycles. The van der Waals surface area contributed by atoms with Gasteiger partial charge in [0.1, 0.15) is 0 Å². The third-order valence-electron chi connectivity index (χ3n) is 4.63. The van der Waals surface area contributed by atoms with Crippen LogP contribution in [0.4, 0.5) is 26.3 Å². The lowest BCUT2D eigenvalue weighted by atomic mass is 10.1. The van der Waals surface area contributed by atoms with Crippen molar-refractivity contribution in [2.24, 2.45) is 10.3 Å². The molecule has 0 N–H and O–H groups in total. The fourth-order valence-corrected chi connectivity index (χ4v) is 5.65. The third-order valence-corrected chi connectivity index (χ3v) is 8.41. The fraction of sp³-hybridized carbons (Fsp3) is 0.417. The number of halogens is 6. The van der Waals surface area contributed by atoms with Crippen LogP contribution < -0.4 is 0 Å². The molecular weight excluding hydrogens is 655 g/mol. The second-order valence-electron chi connectivity index (χ2n) is 7.99. The Bertz CT molecular complexity index is 1270. The molecular formula is C24H26F6N2O6S4. The van der Waals surface area contributed by atoms with Crippen LogP contribution in [0.5, 0.6) is 0 Å². The summed E-state index contributed by atoms with van der Waals surface area (Å²) >= 11 is 2.86. The van der Waals surface area contributed by atoms with Crippen LogP contribution in [0, 0.1) is 0 Å². The van der Waals surface area contributed by atoms with Crippen molar-refractivity contribution in [1.29, 1.82) is 0 Å². The van der Waals surface area contributed by atoms with Gasteiger partial charge in [0, 0.05) is 32.4 Å². The topological polar surface area (TPSA) is 95.8 Å². The van der Waals surface area contributed by atoms with E-state index in [1.165, 1.54) is 66.8 Å². The monoisotopic (exact) mass is 680 g/mol. The zero-order chi connectivity index (χ0) is 31.2. The summed E-state index contributed by atoms with van der Waals surface area (Å²) in [6.45, 7) is 3.58. The van der Waals surface area contributed by atoms with Gasteiger partial charge < -0.3 is 0 Å². The normalized spacial score (nSPS) is 13.3. The molecule has 0 atom stereocenters. The molecule has 234 valence electrons. The van der Waals surface area contributed by atoms with Crippen molar-refractivity contribution in [3.8, 4) is 0 Å². The number of nitrogens with zero attached hydrogens (tertiary/aromatic N) is 2. The third kappa shape index (κ3) is 13.0. The van der Waals surface area contributed by atoms with E-state index in [4.69, 9.17) is 0 Å². The van der Waals surface area contributed by atoms with Crippen molar-refractivity contribution in [3.63, 3.8) is 0 Å². The highest BCUT2D eigenvalue weighted by Gasteiger charge is 2.39. The van der Waals surface area contributed by atoms with Crippen LogP contribution in [0.15, 0.2) is 68.6 Å². The Morgan fingerprint density at radius 2 is 1.24 bits per heavy atom. The maximum atomic E-state index is 13.4. The predicted molar refractivity (Wildman–Crippen MR) is 151 cm³/mol. The second-order valence-corrected chi connectivity index (χ2v) is 12.4. The van der Waals surface area contributed by atoms with Gasteiger partial charge in [-0.15, -0.1) is 27.9 Å². The SMILES string of the molecule is CCCOOSON=C(c1ccc(SCCSc2ccc(C(=NOS(=O)(=O)CCC)C(F)(F)F)cc2)cc1)C(F)(F)F. The Labute approximate surface area is 252 Å². The van der Waals surface area contributed by atoms with Crippen molar-refractivity contribution in [1.82, 2.24) is 0 Å². The van der Waals surface area contributed by atoms with E-state index in [9.17, 15) is 34.8 Å². The smallest absolute Gasteiger partial charge is 0.289 e. The van der Waals surface area contributed by atoms with Crippen LogP contribution >= 0.6 is 35.8 Å². The fourth-order valence-electron chi connectivity index (χ4n) is 2.86. The molecule has 0 saturated heterocycles. The molecule has 0 heterocycles. The Morgan fingerprint density at radius 1 is 0.762 bits per heavy atom. The Balaban J connectivity index is 1.93. The molecule has 18 heteroatoms. The summed E-state index contributed by atoms with van der Waals surface area (Å²) in [5.74, 6) is 0.603. The first-order chi connectivity index (χ1) is 19.8. The van der Waals surface area contributed by atoms with Crippen LogP contribution in [0.1, 0.15) is 37.8 Å². The maximum absolute atomic E-state index is 13.4. The van der Waals surface area contributed by atoms with Gasteiger partial charge in [-0.1, -0.05) is 48.4 Å². The van der Waals surface area contributed by atoms with Crippen LogP contribution in [0.2, 0.25) is 0 Å². The van der Waals surface area contributed by atoms with Gasteiger partial charge in [-0.2, -0.15) is 34.8 Å². The molecule has 8 nitrogen and oxygen atoms in total. The number of hydrogen-bond donors (Lipinski definition) is 0. The van der Waals surface area contributed by atoms with Crippen molar-refractivity contribution in [2.45, 2.75) is 48.8 Å². The average Bonchev–Trinajstić information content (AvgIpc) is 2.90. The molecule has 0 spiro atoms. The maximum Gasteiger partial charge on any atom is 0.437 e. The molecule has 2 rings (SSSR count). The van der Waals surface area contributed by atoms with Crippen LogP contribution in [-0.2, 0) is 27.9 Å². The van der Waals surface area contributed by atoms with E-state index in [0.717, 1.165) is 12.1 Å². The van der Waals surface area contributed by atoms with Gasteiger partial charge >= 0.3 is 22.5 Å². The van der Waals surface area contributed by atoms with Crippen molar-refractivity contribution < 1.29 is 52.5 Å². The summed E-state index contributed by atoms with van der Waals surface area (Å²) < 4.78 is 117. The lowest BCUT2D eigenvalue weighted by Gasteiger charge is -2.11. The first kappa shape index (κ1) is 36.1. The summed E-state index contributed by atoms with van der Waals surface area (Å²) in [6.07, 6.45) is -8.93. The zero-order valence-corrected chi connectivity index (χ0v) is 25.4. The summed E-state index contributed by atoms with van der Waals surface area (Å²) in [4.78, 5) is 5.94. The number of alkyl halides is 6. The van der Waals surface area contributed by atoms with Crippen LogP contribution in [-0.4, -0.2) is 56.1 Å². The first-order valence-corrected chi connectivity index (χ1v) is 16.3. The van der Waals surface area contributed by atoms with E-state index in [1.54, 1.807) is 0 Å². The lowest BCUT2D eigenvalue weighted by molar-refractivity contribution is -0.196. The van der Waals surface area contributed by atoms with Crippen molar-refractivity contribution in [3.05, 3.63) is 59.7 Å². The molecule has 0 aliphatic rings. The van der Waals surface area contributed by atoms with E-state index in [-0.39, 0.29) is 36.5 Å². The molecule has 0 aliphatic carbocycles. The van der Waals surface area contributed by atoms with Gasteiger partial charge in [0.25, 0.3) is 12.3 Å². The molecule has 42 heavy (non-hydrogen) atoms. The number of oxime groups is 2. The number of thioether (sulfide) groups is 2. The average molecular weight is 681 g/mol. The summed E-state index contributed by atoms with van der Waals surface area (Å²) in [5.41, 5.74) is -3.31. The molecule has 0 radical (unpaired) electrons. The van der Waals surface area contributed by atoms with Crippen molar-refractivity contribution in [2.75, 3.05) is 23.9 Å². The highest BCUT2D eigenvalue weighted by molar-refractivity contribution is 8.03. The van der Waals surface area contributed by atoms with E-state index in [1.807, 2.05) is 6.92 Å². The highest BCUT2D eigenvalue weighted by Crippen LogP contribution is 2.29. The number of rotatable bonds is 17. The van der Waals surface area contributed by atoms with Crippen LogP contribution in [0.3, 0.4) is 0 Å².